The minimum atomic E-state index is 0.0330. The van der Waals surface area contributed by atoms with Gasteiger partial charge >= 0.3 is 0 Å². The van der Waals surface area contributed by atoms with Gasteiger partial charge in [0.15, 0.2) is 0 Å². The van der Waals surface area contributed by atoms with Gasteiger partial charge in [-0.05, 0) is 30.7 Å². The Morgan fingerprint density at radius 3 is 2.94 bits per heavy atom. The molecule has 0 atom stereocenters. The number of aromatic nitrogens is 2. The summed E-state index contributed by atoms with van der Waals surface area (Å²) in [5.41, 5.74) is 1.07. The van der Waals surface area contributed by atoms with E-state index in [1.165, 1.54) is 25.7 Å². The number of nitrogens with one attached hydrogen (secondary N) is 1. The number of H-pyrrole nitrogens is 1. The van der Waals surface area contributed by atoms with Crippen molar-refractivity contribution in [3.05, 3.63) is 27.1 Å². The fraction of sp³-hybridized carbons (Fsp3) is 0.500. The highest BCUT2D eigenvalue weighted by Gasteiger charge is 2.20. The topological polar surface area (TPSA) is 45.8 Å². The van der Waals surface area contributed by atoms with Gasteiger partial charge in [-0.25, -0.2) is 4.98 Å². The molecule has 0 spiro atoms. The van der Waals surface area contributed by atoms with Crippen LogP contribution >= 0.6 is 11.3 Å². The monoisotopic (exact) mass is 234 g/mol. The van der Waals surface area contributed by atoms with Crippen LogP contribution in [-0.2, 0) is 0 Å². The molecule has 1 aliphatic rings. The number of nitrogens with zero attached hydrogens (tertiary/aromatic N) is 1. The lowest BCUT2D eigenvalue weighted by molar-refractivity contribution is 0.670. The van der Waals surface area contributed by atoms with Gasteiger partial charge < -0.3 is 4.98 Å². The van der Waals surface area contributed by atoms with Crippen molar-refractivity contribution in [2.24, 2.45) is 0 Å². The van der Waals surface area contributed by atoms with Gasteiger partial charge in [0.2, 0.25) is 0 Å². The second-order valence-corrected chi connectivity index (χ2v) is 5.39. The molecule has 0 unspecified atom stereocenters. The van der Waals surface area contributed by atoms with Crippen LogP contribution in [-0.4, -0.2) is 9.97 Å². The maximum absolute atomic E-state index is 11.9. The molecule has 2 heterocycles. The Hall–Kier alpha value is -1.16. The Bertz CT molecular complexity index is 578. The SMILES string of the molecule is Cc1csc2nc(C3CCCC3)[nH]c(=O)c12. The Morgan fingerprint density at radius 2 is 2.19 bits per heavy atom. The Labute approximate surface area is 97.5 Å². The summed E-state index contributed by atoms with van der Waals surface area (Å²) in [6.07, 6.45) is 4.85. The van der Waals surface area contributed by atoms with E-state index in [9.17, 15) is 4.79 Å². The zero-order chi connectivity index (χ0) is 11.1. The molecule has 1 aliphatic carbocycles. The summed E-state index contributed by atoms with van der Waals surface area (Å²) in [7, 11) is 0. The van der Waals surface area contributed by atoms with Crippen LogP contribution < -0.4 is 5.56 Å². The molecule has 16 heavy (non-hydrogen) atoms. The summed E-state index contributed by atoms with van der Waals surface area (Å²) < 4.78 is 0. The first-order valence-electron chi connectivity index (χ1n) is 5.74. The highest BCUT2D eigenvalue weighted by Crippen LogP contribution is 2.32. The molecule has 0 radical (unpaired) electrons. The van der Waals surface area contributed by atoms with Crippen LogP contribution in [0.15, 0.2) is 10.2 Å². The lowest BCUT2D eigenvalue weighted by atomic mass is 10.1. The molecule has 3 rings (SSSR count). The van der Waals surface area contributed by atoms with Gasteiger partial charge in [0, 0.05) is 5.92 Å². The zero-order valence-corrected chi connectivity index (χ0v) is 10.1. The quantitative estimate of drug-likeness (QED) is 0.824. The van der Waals surface area contributed by atoms with Crippen LogP contribution in [0.3, 0.4) is 0 Å². The summed E-state index contributed by atoms with van der Waals surface area (Å²) in [5, 5.41) is 2.78. The molecule has 0 amide bonds. The number of rotatable bonds is 1. The summed E-state index contributed by atoms with van der Waals surface area (Å²) >= 11 is 1.57. The fourth-order valence-electron chi connectivity index (χ4n) is 2.50. The highest BCUT2D eigenvalue weighted by molar-refractivity contribution is 7.16. The van der Waals surface area contributed by atoms with Crippen molar-refractivity contribution < 1.29 is 0 Å². The second kappa shape index (κ2) is 3.70. The van der Waals surface area contributed by atoms with Crippen LogP contribution in [0.2, 0.25) is 0 Å². The predicted octanol–water partition coefficient (Wildman–Crippen LogP) is 2.95. The lowest BCUT2D eigenvalue weighted by Gasteiger charge is -2.07. The van der Waals surface area contributed by atoms with Crippen LogP contribution in [0.25, 0.3) is 10.2 Å². The van der Waals surface area contributed by atoms with E-state index in [2.05, 4.69) is 9.97 Å². The van der Waals surface area contributed by atoms with Crippen molar-refractivity contribution in [2.75, 3.05) is 0 Å². The van der Waals surface area contributed by atoms with Crippen molar-refractivity contribution in [3.8, 4) is 0 Å². The van der Waals surface area contributed by atoms with E-state index >= 15 is 0 Å². The molecule has 0 aliphatic heterocycles. The Morgan fingerprint density at radius 1 is 1.44 bits per heavy atom. The maximum atomic E-state index is 11.9. The van der Waals surface area contributed by atoms with Crippen molar-refractivity contribution >= 4 is 21.6 Å². The van der Waals surface area contributed by atoms with E-state index in [1.807, 2.05) is 12.3 Å². The number of hydrogen-bond acceptors (Lipinski definition) is 3. The number of aromatic amines is 1. The molecule has 0 saturated heterocycles. The standard InChI is InChI=1S/C12H14N2OS/c1-7-6-16-12-9(7)11(15)13-10(14-12)8-4-2-3-5-8/h6,8H,2-5H2,1H3,(H,13,14,15). The summed E-state index contributed by atoms with van der Waals surface area (Å²) in [6, 6.07) is 0. The van der Waals surface area contributed by atoms with E-state index in [1.54, 1.807) is 11.3 Å². The van der Waals surface area contributed by atoms with Crippen molar-refractivity contribution in [3.63, 3.8) is 0 Å². The third kappa shape index (κ3) is 1.48. The highest BCUT2D eigenvalue weighted by atomic mass is 32.1. The number of thiophene rings is 1. The van der Waals surface area contributed by atoms with E-state index in [-0.39, 0.29) is 5.56 Å². The third-order valence-electron chi connectivity index (χ3n) is 3.39. The normalized spacial score (nSPS) is 17.3. The fourth-order valence-corrected chi connectivity index (χ4v) is 3.43. The van der Waals surface area contributed by atoms with Crippen molar-refractivity contribution in [2.45, 2.75) is 38.5 Å². The smallest absolute Gasteiger partial charge is 0.259 e. The summed E-state index contributed by atoms with van der Waals surface area (Å²) in [4.78, 5) is 20.4. The van der Waals surface area contributed by atoms with Gasteiger partial charge in [-0.2, -0.15) is 0 Å². The average Bonchev–Trinajstić information content (AvgIpc) is 2.87. The first-order valence-corrected chi connectivity index (χ1v) is 6.61. The van der Waals surface area contributed by atoms with Crippen LogP contribution in [0.4, 0.5) is 0 Å². The van der Waals surface area contributed by atoms with E-state index in [0.717, 1.165) is 21.6 Å². The first kappa shape index (κ1) is 10.0. The van der Waals surface area contributed by atoms with Crippen molar-refractivity contribution in [1.82, 2.24) is 9.97 Å². The number of fused-ring (bicyclic) bond motifs is 1. The minimum absolute atomic E-state index is 0.0330. The number of hydrogen-bond donors (Lipinski definition) is 1. The molecular formula is C12H14N2OS. The molecule has 0 bridgehead atoms. The molecular weight excluding hydrogens is 220 g/mol. The van der Waals surface area contributed by atoms with Crippen LogP contribution in [0.1, 0.15) is 43.0 Å². The number of aryl methyl sites for hydroxylation is 1. The zero-order valence-electron chi connectivity index (χ0n) is 9.25. The van der Waals surface area contributed by atoms with Gasteiger partial charge in [0.05, 0.1) is 5.39 Å². The van der Waals surface area contributed by atoms with Gasteiger partial charge in [-0.3, -0.25) is 4.79 Å². The molecule has 0 aromatic carbocycles. The summed E-state index contributed by atoms with van der Waals surface area (Å²) in [6.45, 7) is 1.96. The maximum Gasteiger partial charge on any atom is 0.259 e. The minimum Gasteiger partial charge on any atom is -0.310 e. The van der Waals surface area contributed by atoms with E-state index in [0.29, 0.717) is 5.92 Å². The average molecular weight is 234 g/mol. The first-order chi connectivity index (χ1) is 7.75. The second-order valence-electron chi connectivity index (χ2n) is 4.53. The molecule has 2 aromatic heterocycles. The largest absolute Gasteiger partial charge is 0.310 e. The third-order valence-corrected chi connectivity index (χ3v) is 4.38. The predicted molar refractivity (Wildman–Crippen MR) is 66.2 cm³/mol. The molecule has 1 fully saturated rings. The van der Waals surface area contributed by atoms with Gasteiger partial charge in [-0.1, -0.05) is 12.8 Å². The molecule has 84 valence electrons. The molecule has 4 heteroatoms. The molecule has 1 N–H and O–H groups in total. The Balaban J connectivity index is 2.17. The van der Waals surface area contributed by atoms with Crippen LogP contribution in [0, 0.1) is 6.92 Å². The van der Waals surface area contributed by atoms with Crippen molar-refractivity contribution in [1.29, 1.82) is 0 Å². The molecule has 3 nitrogen and oxygen atoms in total. The Kier molecular flexibility index (Phi) is 2.32. The summed E-state index contributed by atoms with van der Waals surface area (Å²) in [5.74, 6) is 1.37. The lowest BCUT2D eigenvalue weighted by Crippen LogP contribution is -2.13. The van der Waals surface area contributed by atoms with E-state index < -0.39 is 0 Å². The van der Waals surface area contributed by atoms with Gasteiger partial charge in [-0.15, -0.1) is 11.3 Å². The molecule has 2 aromatic rings. The van der Waals surface area contributed by atoms with Crippen LogP contribution in [0.5, 0.6) is 0 Å². The van der Waals surface area contributed by atoms with Gasteiger partial charge in [0.25, 0.3) is 5.56 Å². The van der Waals surface area contributed by atoms with Gasteiger partial charge in [0.1, 0.15) is 10.7 Å². The molecule has 1 saturated carbocycles. The van der Waals surface area contributed by atoms with E-state index in [4.69, 9.17) is 0 Å².